The molecule has 1 saturated heterocycles. The molecule has 2 rings (SSSR count). The van der Waals surface area contributed by atoms with Crippen LogP contribution < -0.4 is 0 Å². The Morgan fingerprint density at radius 3 is 2.23 bits per heavy atom. The van der Waals surface area contributed by atoms with E-state index in [0.29, 0.717) is 0 Å². The highest BCUT2D eigenvalue weighted by molar-refractivity contribution is 5.90. The summed E-state index contributed by atoms with van der Waals surface area (Å²) < 4.78 is 0. The highest BCUT2D eigenvalue weighted by Crippen LogP contribution is 2.40. The summed E-state index contributed by atoms with van der Waals surface area (Å²) in [6.07, 6.45) is 0. The number of aliphatic hydroxyl groups is 1. The minimum Gasteiger partial charge on any atom is -0.395 e. The van der Waals surface area contributed by atoms with Crippen LogP contribution in [0.25, 0.3) is 0 Å². The molecule has 0 aromatic heterocycles. The number of amidine groups is 1. The van der Waals surface area contributed by atoms with E-state index in [-0.39, 0.29) is 23.5 Å². The minimum atomic E-state index is 0.0576. The zero-order valence-corrected chi connectivity index (χ0v) is 15.4. The number of aliphatic imine (C=N–C) groups is 1. The van der Waals surface area contributed by atoms with Crippen LogP contribution >= 0.6 is 0 Å². The van der Waals surface area contributed by atoms with Gasteiger partial charge in [-0.3, -0.25) is 9.89 Å². The first kappa shape index (κ1) is 17.5. The second-order valence-corrected chi connectivity index (χ2v) is 8.64. The Bertz CT molecular complexity index is 480. The molecule has 2 heterocycles. The van der Waals surface area contributed by atoms with Crippen LogP contribution in [0.2, 0.25) is 0 Å². The van der Waals surface area contributed by atoms with E-state index < -0.39 is 0 Å². The van der Waals surface area contributed by atoms with Crippen LogP contribution in [0.1, 0.15) is 48.5 Å². The van der Waals surface area contributed by atoms with Gasteiger partial charge in [-0.05, 0) is 17.9 Å². The summed E-state index contributed by atoms with van der Waals surface area (Å²) in [5, 5.41) is 9.28. The Morgan fingerprint density at radius 2 is 1.73 bits per heavy atom. The van der Waals surface area contributed by atoms with Crippen molar-refractivity contribution in [2.24, 2.45) is 15.8 Å². The van der Waals surface area contributed by atoms with Crippen molar-refractivity contribution in [1.82, 2.24) is 9.80 Å². The van der Waals surface area contributed by atoms with E-state index in [1.54, 1.807) is 0 Å². The molecule has 0 aliphatic carbocycles. The first-order valence-electron chi connectivity index (χ1n) is 8.48. The zero-order chi connectivity index (χ0) is 16.7. The lowest BCUT2D eigenvalue weighted by atomic mass is 9.78. The summed E-state index contributed by atoms with van der Waals surface area (Å²) in [5.74, 6) is 1.21. The lowest BCUT2D eigenvalue weighted by Gasteiger charge is -2.48. The fraction of sp³-hybridized carbons (Fsp3) is 0.833. The molecule has 0 radical (unpaired) electrons. The molecule has 0 aromatic rings. The highest BCUT2D eigenvalue weighted by Gasteiger charge is 2.39. The van der Waals surface area contributed by atoms with Crippen molar-refractivity contribution in [3.05, 3.63) is 11.3 Å². The van der Waals surface area contributed by atoms with Gasteiger partial charge in [-0.15, -0.1) is 0 Å². The highest BCUT2D eigenvalue weighted by atomic mass is 16.3. The van der Waals surface area contributed by atoms with Crippen LogP contribution in [0, 0.1) is 10.8 Å². The summed E-state index contributed by atoms with van der Waals surface area (Å²) in [4.78, 5) is 9.88. The van der Waals surface area contributed by atoms with Crippen molar-refractivity contribution in [3.8, 4) is 0 Å². The standard InChI is InChI=1S/C18H33N3O/c1-13-15(17(2,3)4)14-12-20(10-11-22)8-9-21(14)16(19-13)18(5,6)7/h13,22H,8-12H2,1-7H3/t13-/m0/s1. The normalized spacial score (nSPS) is 24.5. The molecule has 1 atom stereocenters. The maximum atomic E-state index is 9.28. The number of fused-ring (bicyclic) bond motifs is 1. The van der Waals surface area contributed by atoms with Gasteiger partial charge in [0.05, 0.1) is 12.6 Å². The summed E-state index contributed by atoms with van der Waals surface area (Å²) in [6.45, 7) is 19.7. The van der Waals surface area contributed by atoms with Crippen LogP contribution in [0.5, 0.6) is 0 Å². The molecule has 4 nitrogen and oxygen atoms in total. The van der Waals surface area contributed by atoms with Crippen molar-refractivity contribution in [3.63, 3.8) is 0 Å². The van der Waals surface area contributed by atoms with E-state index in [1.165, 1.54) is 17.1 Å². The lowest BCUT2D eigenvalue weighted by Crippen LogP contribution is -2.54. The first-order valence-corrected chi connectivity index (χ1v) is 8.48. The lowest BCUT2D eigenvalue weighted by molar-refractivity contribution is 0.161. The Labute approximate surface area is 135 Å². The molecule has 0 saturated carbocycles. The Morgan fingerprint density at radius 1 is 1.09 bits per heavy atom. The molecule has 0 aromatic carbocycles. The maximum absolute atomic E-state index is 9.28. The van der Waals surface area contributed by atoms with Gasteiger partial charge in [0.1, 0.15) is 5.84 Å². The molecule has 0 bridgehead atoms. The fourth-order valence-electron chi connectivity index (χ4n) is 3.77. The maximum Gasteiger partial charge on any atom is 0.109 e. The molecular formula is C18H33N3O. The third-order valence-electron chi connectivity index (χ3n) is 4.53. The third-order valence-corrected chi connectivity index (χ3v) is 4.53. The molecule has 1 fully saturated rings. The molecule has 0 amide bonds. The monoisotopic (exact) mass is 307 g/mol. The van der Waals surface area contributed by atoms with Gasteiger partial charge < -0.3 is 10.0 Å². The predicted octanol–water partition coefficient (Wildman–Crippen LogP) is 2.74. The third kappa shape index (κ3) is 3.38. The Balaban J connectivity index is 2.46. The van der Waals surface area contributed by atoms with E-state index >= 15 is 0 Å². The molecule has 4 heteroatoms. The Kier molecular flexibility index (Phi) is 4.74. The summed E-state index contributed by atoms with van der Waals surface area (Å²) in [5.41, 5.74) is 3.03. The fourth-order valence-corrected chi connectivity index (χ4v) is 3.77. The average molecular weight is 307 g/mol. The molecule has 0 spiro atoms. The first-order chi connectivity index (χ1) is 10.1. The minimum absolute atomic E-state index is 0.0576. The smallest absolute Gasteiger partial charge is 0.109 e. The summed E-state index contributed by atoms with van der Waals surface area (Å²) >= 11 is 0. The number of rotatable bonds is 2. The number of β-amino-alcohol motifs (C(OH)–C–C–N with tert-alkyl or cyclic N) is 1. The van der Waals surface area contributed by atoms with Crippen molar-refractivity contribution in [2.45, 2.75) is 54.5 Å². The van der Waals surface area contributed by atoms with E-state index in [9.17, 15) is 5.11 Å². The van der Waals surface area contributed by atoms with Gasteiger partial charge in [0.25, 0.3) is 0 Å². The molecule has 22 heavy (non-hydrogen) atoms. The van der Waals surface area contributed by atoms with Crippen LogP contribution in [0.3, 0.4) is 0 Å². The number of aliphatic hydroxyl groups excluding tert-OH is 1. The number of piperazine rings is 1. The quantitative estimate of drug-likeness (QED) is 0.852. The molecule has 2 aliphatic heterocycles. The van der Waals surface area contributed by atoms with E-state index in [1.807, 2.05) is 0 Å². The van der Waals surface area contributed by atoms with Gasteiger partial charge in [0, 0.05) is 37.3 Å². The van der Waals surface area contributed by atoms with E-state index in [4.69, 9.17) is 4.99 Å². The van der Waals surface area contributed by atoms with Crippen LogP contribution in [0.15, 0.2) is 16.3 Å². The van der Waals surface area contributed by atoms with Gasteiger partial charge in [-0.1, -0.05) is 41.5 Å². The van der Waals surface area contributed by atoms with Gasteiger partial charge in [0.2, 0.25) is 0 Å². The second-order valence-electron chi connectivity index (χ2n) is 8.64. The number of hydrogen-bond donors (Lipinski definition) is 1. The van der Waals surface area contributed by atoms with E-state index in [0.717, 1.165) is 26.2 Å². The number of nitrogens with zero attached hydrogens (tertiary/aromatic N) is 3. The van der Waals surface area contributed by atoms with Gasteiger partial charge in [-0.2, -0.15) is 0 Å². The van der Waals surface area contributed by atoms with Crippen molar-refractivity contribution >= 4 is 5.84 Å². The van der Waals surface area contributed by atoms with Gasteiger partial charge in [-0.25, -0.2) is 0 Å². The molecule has 1 N–H and O–H groups in total. The summed E-state index contributed by atoms with van der Waals surface area (Å²) in [7, 11) is 0. The molecule has 0 unspecified atom stereocenters. The van der Waals surface area contributed by atoms with Gasteiger partial charge >= 0.3 is 0 Å². The van der Waals surface area contributed by atoms with E-state index in [2.05, 4.69) is 58.3 Å². The number of hydrogen-bond acceptors (Lipinski definition) is 4. The SMILES string of the molecule is C[C@@H]1N=C(C(C)(C)C)N2CCN(CCO)CC2=C1C(C)(C)C. The largest absolute Gasteiger partial charge is 0.395 e. The van der Waals surface area contributed by atoms with Crippen molar-refractivity contribution in [1.29, 1.82) is 0 Å². The van der Waals surface area contributed by atoms with Crippen molar-refractivity contribution in [2.75, 3.05) is 32.8 Å². The second kappa shape index (κ2) is 5.97. The summed E-state index contributed by atoms with van der Waals surface area (Å²) in [6, 6.07) is 0.231. The molecular weight excluding hydrogens is 274 g/mol. The topological polar surface area (TPSA) is 39.1 Å². The van der Waals surface area contributed by atoms with Crippen LogP contribution in [-0.4, -0.2) is 59.6 Å². The molecule has 126 valence electrons. The average Bonchev–Trinajstić information content (AvgIpc) is 2.35. The predicted molar refractivity (Wildman–Crippen MR) is 93.1 cm³/mol. The van der Waals surface area contributed by atoms with Crippen LogP contribution in [-0.2, 0) is 0 Å². The van der Waals surface area contributed by atoms with Crippen LogP contribution in [0.4, 0.5) is 0 Å². The Hall–Kier alpha value is -0.870. The zero-order valence-electron chi connectivity index (χ0n) is 15.4. The molecule has 2 aliphatic rings. The van der Waals surface area contributed by atoms with Crippen molar-refractivity contribution < 1.29 is 5.11 Å². The van der Waals surface area contributed by atoms with Gasteiger partial charge in [0.15, 0.2) is 0 Å².